The second-order valence-corrected chi connectivity index (χ2v) is 4.08. The Kier molecular flexibility index (Phi) is 3.97. The first-order valence-electron chi connectivity index (χ1n) is 3.27. The standard InChI is InChI=1S/C5F11I/c6-1(3(9,10)11,4(12,13)14)2(7,8)5(15,16)17. The summed E-state index contributed by atoms with van der Waals surface area (Å²) in [6, 6.07) is 0. The normalized spacial score (nSPS) is 16.2. The van der Waals surface area contributed by atoms with E-state index in [1.807, 2.05) is 0 Å². The molecule has 0 nitrogen and oxygen atoms in total. The highest BCUT2D eigenvalue weighted by Crippen LogP contribution is 2.60. The van der Waals surface area contributed by atoms with Gasteiger partial charge in [-0.25, -0.2) is 4.39 Å². The van der Waals surface area contributed by atoms with E-state index in [0.29, 0.717) is 0 Å². The van der Waals surface area contributed by atoms with Crippen LogP contribution in [0.1, 0.15) is 0 Å². The molecule has 0 saturated carbocycles. The maximum Gasteiger partial charge on any atom is 0.438 e. The fraction of sp³-hybridized carbons (Fsp3) is 1.00. The van der Waals surface area contributed by atoms with Gasteiger partial charge in [-0.3, -0.25) is 0 Å². The van der Waals surface area contributed by atoms with Crippen molar-refractivity contribution in [1.29, 1.82) is 0 Å². The van der Waals surface area contributed by atoms with Crippen molar-refractivity contribution in [1.82, 2.24) is 0 Å². The lowest BCUT2D eigenvalue weighted by Gasteiger charge is -2.37. The first-order chi connectivity index (χ1) is 7.00. The lowest BCUT2D eigenvalue weighted by molar-refractivity contribution is -0.413. The van der Waals surface area contributed by atoms with Gasteiger partial charge in [-0.15, -0.1) is 0 Å². The van der Waals surface area contributed by atoms with E-state index in [-0.39, 0.29) is 0 Å². The molecule has 104 valence electrons. The molecular weight excluding hydrogens is 396 g/mol. The molecule has 0 aliphatic rings. The molecule has 12 heteroatoms. The monoisotopic (exact) mass is 396 g/mol. The highest BCUT2D eigenvalue weighted by atomic mass is 127. The van der Waals surface area contributed by atoms with Crippen LogP contribution in [0.15, 0.2) is 0 Å². The van der Waals surface area contributed by atoms with Crippen LogP contribution in [0.3, 0.4) is 0 Å². The van der Waals surface area contributed by atoms with Crippen molar-refractivity contribution in [2.45, 2.75) is 27.9 Å². The molecule has 0 amide bonds. The van der Waals surface area contributed by atoms with Crippen molar-refractivity contribution < 1.29 is 48.3 Å². The van der Waals surface area contributed by atoms with Gasteiger partial charge in [0.2, 0.25) is 0 Å². The average molecular weight is 396 g/mol. The minimum Gasteiger partial charge on any atom is -0.216 e. The van der Waals surface area contributed by atoms with Crippen LogP contribution in [0, 0.1) is 0 Å². The van der Waals surface area contributed by atoms with Crippen molar-refractivity contribution in [2.75, 3.05) is 0 Å². The molecular formula is C5F11I. The number of hydrogen-bond donors (Lipinski definition) is 0. The smallest absolute Gasteiger partial charge is 0.216 e. The quantitative estimate of drug-likeness (QED) is 0.367. The van der Waals surface area contributed by atoms with E-state index in [1.54, 1.807) is 0 Å². The van der Waals surface area contributed by atoms with Crippen molar-refractivity contribution in [3.8, 4) is 0 Å². The van der Waals surface area contributed by atoms with E-state index in [4.69, 9.17) is 0 Å². The molecule has 0 heterocycles. The second kappa shape index (κ2) is 3.98. The molecule has 0 aliphatic heterocycles. The Morgan fingerprint density at radius 2 is 0.765 bits per heavy atom. The molecule has 0 fully saturated rings. The summed E-state index contributed by atoms with van der Waals surface area (Å²) >= 11 is -0.699. The average Bonchev–Trinajstić information content (AvgIpc) is 1.95. The third kappa shape index (κ3) is 2.41. The fourth-order valence-corrected chi connectivity index (χ4v) is 1.08. The zero-order valence-electron chi connectivity index (χ0n) is 7.04. The molecule has 0 rings (SSSR count). The highest BCUT2D eigenvalue weighted by Gasteiger charge is 2.89. The Balaban J connectivity index is 6.04. The summed E-state index contributed by atoms with van der Waals surface area (Å²) in [5.41, 5.74) is -7.34. The molecule has 0 atom stereocenters. The first kappa shape index (κ1) is 17.0. The van der Waals surface area contributed by atoms with E-state index >= 15 is 0 Å². The van der Waals surface area contributed by atoms with Crippen molar-refractivity contribution in [3.63, 3.8) is 0 Å². The third-order valence-electron chi connectivity index (χ3n) is 1.57. The molecule has 0 bridgehead atoms. The largest absolute Gasteiger partial charge is 0.438 e. The van der Waals surface area contributed by atoms with Gasteiger partial charge in [0.1, 0.15) is 0 Å². The van der Waals surface area contributed by atoms with Gasteiger partial charge >= 0.3 is 27.9 Å². The molecule has 0 aromatic rings. The zero-order valence-corrected chi connectivity index (χ0v) is 9.19. The van der Waals surface area contributed by atoms with Crippen molar-refractivity contribution in [2.24, 2.45) is 0 Å². The number of rotatable bonds is 2. The van der Waals surface area contributed by atoms with Crippen LogP contribution < -0.4 is 0 Å². The summed E-state index contributed by atoms with van der Waals surface area (Å²) in [6.45, 7) is 0. The number of hydrogen-bond acceptors (Lipinski definition) is 0. The Hall–Kier alpha value is -0.0400. The van der Waals surface area contributed by atoms with Gasteiger partial charge in [0.15, 0.2) is 0 Å². The van der Waals surface area contributed by atoms with Gasteiger partial charge in [0, 0.05) is 22.6 Å². The molecule has 0 aromatic carbocycles. The lowest BCUT2D eigenvalue weighted by Crippen LogP contribution is -2.68. The minimum atomic E-state index is -7.34. The molecule has 0 aromatic heterocycles. The van der Waals surface area contributed by atoms with E-state index in [1.165, 1.54) is 0 Å². The Bertz CT molecular complexity index is 266. The van der Waals surface area contributed by atoms with Crippen LogP contribution in [0.5, 0.6) is 0 Å². The number of halogens is 12. The predicted octanol–water partition coefficient (Wildman–Crippen LogP) is 4.48. The van der Waals surface area contributed by atoms with E-state index in [9.17, 15) is 48.3 Å². The van der Waals surface area contributed by atoms with Crippen LogP contribution in [-0.2, 0) is 0 Å². The van der Waals surface area contributed by atoms with Crippen LogP contribution in [-0.4, -0.2) is 27.9 Å². The first-order valence-corrected chi connectivity index (χ1v) is 4.35. The topological polar surface area (TPSA) is 0 Å². The van der Waals surface area contributed by atoms with E-state index in [0.717, 1.165) is 0 Å². The summed E-state index contributed by atoms with van der Waals surface area (Å²) in [7, 11) is 0. The Labute approximate surface area is 99.3 Å². The van der Waals surface area contributed by atoms with Gasteiger partial charge in [0.05, 0.1) is 0 Å². The summed E-state index contributed by atoms with van der Waals surface area (Å²) in [6.07, 6.45) is -14.5. The van der Waals surface area contributed by atoms with Gasteiger partial charge in [-0.1, -0.05) is 0 Å². The SMILES string of the molecule is FC(F)(F)C(F)(C(F)(F)F)C(F)(F)C(F)(F)I. The van der Waals surface area contributed by atoms with Gasteiger partial charge in [-0.2, -0.15) is 43.9 Å². The Morgan fingerprint density at radius 3 is 0.824 bits per heavy atom. The molecule has 0 N–H and O–H groups in total. The summed E-state index contributed by atoms with van der Waals surface area (Å²) in [4.78, 5) is 0. The van der Waals surface area contributed by atoms with Crippen molar-refractivity contribution >= 4 is 22.6 Å². The van der Waals surface area contributed by atoms with Crippen molar-refractivity contribution in [3.05, 3.63) is 0 Å². The third-order valence-corrected chi connectivity index (χ3v) is 2.25. The summed E-state index contributed by atoms with van der Waals surface area (Å²) in [5.74, 6) is -7.00. The Morgan fingerprint density at radius 1 is 0.529 bits per heavy atom. The van der Waals surface area contributed by atoms with Crippen LogP contribution in [0.4, 0.5) is 48.3 Å². The van der Waals surface area contributed by atoms with Gasteiger partial charge in [0.25, 0.3) is 0 Å². The maximum absolute atomic E-state index is 12.6. The molecule has 17 heavy (non-hydrogen) atoms. The molecule has 0 radical (unpaired) electrons. The molecule has 0 spiro atoms. The summed E-state index contributed by atoms with van der Waals surface area (Å²) < 4.78 is 126. The van der Waals surface area contributed by atoms with Crippen LogP contribution in [0.2, 0.25) is 0 Å². The van der Waals surface area contributed by atoms with E-state index in [2.05, 4.69) is 0 Å². The number of alkyl halides is 12. The van der Waals surface area contributed by atoms with Gasteiger partial charge < -0.3 is 0 Å². The van der Waals surface area contributed by atoms with Crippen LogP contribution >= 0.6 is 22.6 Å². The predicted molar refractivity (Wildman–Crippen MR) is 39.9 cm³/mol. The molecule has 0 aliphatic carbocycles. The highest BCUT2D eigenvalue weighted by molar-refractivity contribution is 14.1. The fourth-order valence-electron chi connectivity index (χ4n) is 0.712. The van der Waals surface area contributed by atoms with E-state index < -0.39 is 50.5 Å². The second-order valence-electron chi connectivity index (χ2n) is 2.73. The summed E-state index contributed by atoms with van der Waals surface area (Å²) in [5, 5.41) is 0. The maximum atomic E-state index is 12.6. The molecule has 0 unspecified atom stereocenters. The molecule has 0 saturated heterocycles. The lowest BCUT2D eigenvalue weighted by atomic mass is 9.96. The minimum absolute atomic E-state index is 0.699. The zero-order chi connectivity index (χ0) is 14.5. The van der Waals surface area contributed by atoms with Crippen LogP contribution in [0.25, 0.3) is 0 Å². The van der Waals surface area contributed by atoms with Gasteiger partial charge in [-0.05, 0) is 0 Å².